The number of rotatable bonds is 4. The molecule has 0 unspecified atom stereocenters. The molecule has 9 nitrogen and oxygen atoms in total. The molecule has 2 saturated heterocycles. The second-order valence-corrected chi connectivity index (χ2v) is 3.86. The van der Waals surface area contributed by atoms with Crippen LogP contribution in [0.15, 0.2) is 5.11 Å². The molecule has 2 N–H and O–H groups in total. The number of fused-ring (bicyclic) bond motifs is 1. The van der Waals surface area contributed by atoms with E-state index in [0.29, 0.717) is 0 Å². The summed E-state index contributed by atoms with van der Waals surface area (Å²) in [7, 11) is 0. The lowest BCUT2D eigenvalue weighted by atomic mass is 10.1. The molecule has 0 spiro atoms. The largest absolute Gasteiger partial charge is 0.481 e. The van der Waals surface area contributed by atoms with E-state index in [0.717, 1.165) is 0 Å². The van der Waals surface area contributed by atoms with Crippen LogP contribution in [-0.4, -0.2) is 58.0 Å². The predicted molar refractivity (Wildman–Crippen MR) is 51.6 cm³/mol. The minimum absolute atomic E-state index is 0.0969. The number of ether oxygens (including phenoxy) is 1. The first-order chi connectivity index (χ1) is 8.04. The van der Waals surface area contributed by atoms with Crippen molar-refractivity contribution >= 4 is 11.9 Å². The number of nitrogens with zero attached hydrogens (tertiary/aromatic N) is 4. The van der Waals surface area contributed by atoms with E-state index in [2.05, 4.69) is 10.0 Å². The number of hydrogen-bond acceptors (Lipinski definition) is 5. The van der Waals surface area contributed by atoms with E-state index in [-0.39, 0.29) is 25.1 Å². The van der Waals surface area contributed by atoms with Crippen molar-refractivity contribution in [1.82, 2.24) is 4.90 Å². The lowest BCUT2D eigenvalue weighted by molar-refractivity contribution is -0.160. The lowest BCUT2D eigenvalue weighted by Gasteiger charge is -2.31. The van der Waals surface area contributed by atoms with Crippen molar-refractivity contribution in [3.05, 3.63) is 10.4 Å². The molecule has 0 radical (unpaired) electrons. The summed E-state index contributed by atoms with van der Waals surface area (Å²) in [5.41, 5.74) is 8.21. The fourth-order valence-electron chi connectivity index (χ4n) is 1.92. The molecule has 1 amide bonds. The Bertz CT molecular complexity index is 405. The number of carbonyl (C=O) groups excluding carboxylic acids is 1. The zero-order valence-corrected chi connectivity index (χ0v) is 8.63. The Morgan fingerprint density at radius 2 is 2.41 bits per heavy atom. The third kappa shape index (κ3) is 1.91. The van der Waals surface area contributed by atoms with Crippen LogP contribution in [0.2, 0.25) is 0 Å². The van der Waals surface area contributed by atoms with Gasteiger partial charge in [-0.3, -0.25) is 9.59 Å². The smallest absolute Gasteiger partial charge is 0.315 e. The molecule has 2 aliphatic heterocycles. The number of carbonyl (C=O) groups is 2. The summed E-state index contributed by atoms with van der Waals surface area (Å²) in [4.78, 5) is 25.6. The minimum atomic E-state index is -1.61. The van der Waals surface area contributed by atoms with E-state index in [1.165, 1.54) is 4.90 Å². The highest BCUT2D eigenvalue weighted by Gasteiger charge is 2.49. The van der Waals surface area contributed by atoms with Crippen molar-refractivity contribution in [1.29, 1.82) is 0 Å². The maximum Gasteiger partial charge on any atom is 0.315 e. The molecule has 2 heterocycles. The summed E-state index contributed by atoms with van der Waals surface area (Å²) in [6.45, 7) is 0.120. The maximum atomic E-state index is 11.1. The molecule has 0 bridgehead atoms. The topological polar surface area (TPSA) is 136 Å². The number of aliphatic hydroxyl groups is 1. The summed E-state index contributed by atoms with van der Waals surface area (Å²) in [6, 6.07) is -1.61. The maximum absolute atomic E-state index is 11.1. The Labute approximate surface area is 95.2 Å². The number of aliphatic carboxylic acids is 1. The van der Waals surface area contributed by atoms with E-state index in [1.807, 2.05) is 0 Å². The summed E-state index contributed by atoms with van der Waals surface area (Å²) >= 11 is 0. The quantitative estimate of drug-likeness (QED) is 0.284. The minimum Gasteiger partial charge on any atom is -0.481 e. The second kappa shape index (κ2) is 4.21. The number of hydrogen-bond donors (Lipinski definition) is 2. The van der Waals surface area contributed by atoms with Crippen molar-refractivity contribution < 1.29 is 24.5 Å². The van der Waals surface area contributed by atoms with Crippen LogP contribution in [0.1, 0.15) is 6.42 Å². The molecule has 9 heteroatoms. The summed E-state index contributed by atoms with van der Waals surface area (Å²) < 4.78 is 5.28. The Balaban J connectivity index is 2.04. The van der Waals surface area contributed by atoms with Gasteiger partial charge in [-0.2, -0.15) is 0 Å². The summed E-state index contributed by atoms with van der Waals surface area (Å²) in [5.74, 6) is -1.53. The van der Waals surface area contributed by atoms with E-state index >= 15 is 0 Å². The van der Waals surface area contributed by atoms with Crippen LogP contribution in [0, 0.1) is 0 Å². The highest BCUT2D eigenvalue weighted by Crippen LogP contribution is 2.30. The third-order valence-corrected chi connectivity index (χ3v) is 2.86. The van der Waals surface area contributed by atoms with Gasteiger partial charge in [0, 0.05) is 4.91 Å². The van der Waals surface area contributed by atoms with Gasteiger partial charge in [0.2, 0.25) is 5.91 Å². The van der Waals surface area contributed by atoms with Gasteiger partial charge in [-0.05, 0) is 5.53 Å². The Morgan fingerprint density at radius 1 is 1.71 bits per heavy atom. The molecular weight excluding hydrogens is 232 g/mol. The first-order valence-electron chi connectivity index (χ1n) is 4.94. The normalized spacial score (nSPS) is 29.9. The van der Waals surface area contributed by atoms with Gasteiger partial charge >= 0.3 is 5.97 Å². The van der Waals surface area contributed by atoms with Gasteiger partial charge < -0.3 is 19.8 Å². The van der Waals surface area contributed by atoms with Gasteiger partial charge in [-0.1, -0.05) is 5.11 Å². The van der Waals surface area contributed by atoms with Crippen molar-refractivity contribution in [3.63, 3.8) is 0 Å². The fourth-order valence-corrected chi connectivity index (χ4v) is 1.92. The van der Waals surface area contributed by atoms with Crippen LogP contribution in [-0.2, 0) is 14.3 Å². The number of aliphatic hydroxyl groups excluding tert-OH is 1. The molecule has 2 fully saturated rings. The van der Waals surface area contributed by atoms with Crippen molar-refractivity contribution in [2.24, 2.45) is 5.11 Å². The molecule has 4 atom stereocenters. The van der Waals surface area contributed by atoms with Crippen LogP contribution >= 0.6 is 0 Å². The highest BCUT2D eigenvalue weighted by molar-refractivity contribution is 5.83. The van der Waals surface area contributed by atoms with E-state index in [9.17, 15) is 14.7 Å². The number of β-lactam (4-membered cyclic amide) rings is 1. The first-order valence-corrected chi connectivity index (χ1v) is 4.94. The van der Waals surface area contributed by atoms with Crippen LogP contribution in [0.5, 0.6) is 0 Å². The number of carboxylic acids is 1. The van der Waals surface area contributed by atoms with Crippen LogP contribution in [0.3, 0.4) is 0 Å². The third-order valence-electron chi connectivity index (χ3n) is 2.86. The van der Waals surface area contributed by atoms with Crippen LogP contribution < -0.4 is 0 Å². The molecule has 2 aliphatic rings. The first kappa shape index (κ1) is 11.6. The molecule has 0 aromatic heterocycles. The van der Waals surface area contributed by atoms with Gasteiger partial charge in [0.15, 0.2) is 6.04 Å². The zero-order chi connectivity index (χ0) is 12.6. The number of azide groups is 1. The van der Waals surface area contributed by atoms with Crippen molar-refractivity contribution in [2.75, 3.05) is 6.54 Å². The Hall–Kier alpha value is -1.83. The molecule has 92 valence electrons. The summed E-state index contributed by atoms with van der Waals surface area (Å²) in [6.07, 6.45) is -2.45. The molecule has 0 saturated carbocycles. The van der Waals surface area contributed by atoms with Crippen LogP contribution in [0.25, 0.3) is 10.4 Å². The molecule has 0 aromatic carbocycles. The number of amides is 1. The van der Waals surface area contributed by atoms with E-state index in [1.54, 1.807) is 0 Å². The monoisotopic (exact) mass is 242 g/mol. The predicted octanol–water partition coefficient (Wildman–Crippen LogP) is -0.932. The van der Waals surface area contributed by atoms with Gasteiger partial charge in [0.1, 0.15) is 18.4 Å². The molecule has 0 aromatic rings. The van der Waals surface area contributed by atoms with Crippen molar-refractivity contribution in [3.8, 4) is 0 Å². The zero-order valence-electron chi connectivity index (χ0n) is 8.63. The van der Waals surface area contributed by atoms with E-state index < -0.39 is 24.2 Å². The lowest BCUT2D eigenvalue weighted by Crippen LogP contribution is -2.48. The second-order valence-electron chi connectivity index (χ2n) is 3.86. The molecule has 2 rings (SSSR count). The Kier molecular flexibility index (Phi) is 2.88. The fraction of sp³-hybridized carbons (Fsp3) is 0.750. The highest BCUT2D eigenvalue weighted by atomic mass is 16.5. The van der Waals surface area contributed by atoms with Crippen LogP contribution in [0.4, 0.5) is 0 Å². The van der Waals surface area contributed by atoms with Gasteiger partial charge in [-0.25, -0.2) is 0 Å². The average Bonchev–Trinajstić information content (AvgIpc) is 2.62. The van der Waals surface area contributed by atoms with Gasteiger partial charge in [0.05, 0.1) is 13.0 Å². The standard InChI is InChI=1S/C8H10N4O5/c9-11-10-6(8(15)16)7(14)3-2-12-4(13)1-5(12)17-3/h3,5-7,14H,1-2H2,(H,15,16)/t3-,5+,6+,7+/m1/s1. The molecule has 0 aliphatic carbocycles. The molecular formula is C8H10N4O5. The SMILES string of the molecule is [N-]=[N+]=N[C@H](C(=O)O)[C@@H](O)[C@H]1CN2C(=O)C[C@@H]2O1. The van der Waals surface area contributed by atoms with E-state index in [4.69, 9.17) is 15.4 Å². The number of carboxylic acid groups (broad SMARTS) is 1. The average molecular weight is 242 g/mol. The molecule has 17 heavy (non-hydrogen) atoms. The van der Waals surface area contributed by atoms with Gasteiger partial charge in [-0.15, -0.1) is 0 Å². The van der Waals surface area contributed by atoms with Crippen molar-refractivity contribution in [2.45, 2.75) is 30.9 Å². The van der Waals surface area contributed by atoms with Gasteiger partial charge in [0.25, 0.3) is 0 Å². The Morgan fingerprint density at radius 3 is 2.88 bits per heavy atom. The summed E-state index contributed by atoms with van der Waals surface area (Å²) in [5, 5.41) is 21.5.